The number of benzene rings is 1. The van der Waals surface area contributed by atoms with Crippen molar-refractivity contribution >= 4 is 33.3 Å². The standard InChI is InChI=1S/C21H26N4OS/c1-12-13(2)27-20-17(12)18(23-14(3)24-20)22-11-15-7-9-16(10-8-15)19(26)25-21(4,5)6/h7-10H,11H2,1-6H3,(H,25,26)(H,22,23,24). The van der Waals surface area contributed by atoms with Crippen LogP contribution in [0.25, 0.3) is 10.2 Å². The van der Waals surface area contributed by atoms with Gasteiger partial charge in [-0.15, -0.1) is 11.3 Å². The molecule has 27 heavy (non-hydrogen) atoms. The van der Waals surface area contributed by atoms with E-state index in [0.717, 1.165) is 27.4 Å². The lowest BCUT2D eigenvalue weighted by atomic mass is 10.1. The smallest absolute Gasteiger partial charge is 0.251 e. The van der Waals surface area contributed by atoms with E-state index in [4.69, 9.17) is 0 Å². The Hall–Kier alpha value is -2.47. The van der Waals surface area contributed by atoms with Gasteiger partial charge in [-0.3, -0.25) is 4.79 Å². The lowest BCUT2D eigenvalue weighted by Gasteiger charge is -2.20. The van der Waals surface area contributed by atoms with Crippen LogP contribution in [-0.4, -0.2) is 21.4 Å². The fraction of sp³-hybridized carbons (Fsp3) is 0.381. The van der Waals surface area contributed by atoms with Gasteiger partial charge in [0.15, 0.2) is 0 Å². The first-order valence-corrected chi connectivity index (χ1v) is 9.85. The Bertz CT molecular complexity index is 984. The third-order valence-corrected chi connectivity index (χ3v) is 5.41. The highest BCUT2D eigenvalue weighted by Crippen LogP contribution is 2.33. The number of aryl methyl sites for hydroxylation is 3. The second kappa shape index (κ2) is 7.27. The molecular weight excluding hydrogens is 356 g/mol. The Kier molecular flexibility index (Phi) is 5.20. The number of fused-ring (bicyclic) bond motifs is 1. The summed E-state index contributed by atoms with van der Waals surface area (Å²) >= 11 is 1.70. The normalized spacial score (nSPS) is 11.6. The van der Waals surface area contributed by atoms with Gasteiger partial charge < -0.3 is 10.6 Å². The van der Waals surface area contributed by atoms with E-state index in [-0.39, 0.29) is 11.4 Å². The van der Waals surface area contributed by atoms with Crippen LogP contribution in [0.1, 0.15) is 53.0 Å². The van der Waals surface area contributed by atoms with Crippen LogP contribution in [0.15, 0.2) is 24.3 Å². The van der Waals surface area contributed by atoms with E-state index < -0.39 is 0 Å². The second-order valence-corrected chi connectivity index (χ2v) is 9.04. The van der Waals surface area contributed by atoms with Crippen LogP contribution in [-0.2, 0) is 6.54 Å². The van der Waals surface area contributed by atoms with Gasteiger partial charge >= 0.3 is 0 Å². The molecule has 0 atom stereocenters. The number of amides is 1. The second-order valence-electron chi connectivity index (χ2n) is 7.84. The number of rotatable bonds is 4. The molecule has 3 rings (SSSR count). The van der Waals surface area contributed by atoms with E-state index >= 15 is 0 Å². The molecule has 0 bridgehead atoms. The van der Waals surface area contributed by atoms with Gasteiger partial charge in [0.2, 0.25) is 0 Å². The summed E-state index contributed by atoms with van der Waals surface area (Å²) in [5.41, 5.74) is 2.74. The minimum atomic E-state index is -0.246. The maximum absolute atomic E-state index is 12.2. The molecule has 0 spiro atoms. The Balaban J connectivity index is 1.76. The van der Waals surface area contributed by atoms with E-state index in [9.17, 15) is 4.79 Å². The van der Waals surface area contributed by atoms with E-state index in [1.54, 1.807) is 11.3 Å². The van der Waals surface area contributed by atoms with Crippen LogP contribution in [0.3, 0.4) is 0 Å². The minimum absolute atomic E-state index is 0.0560. The van der Waals surface area contributed by atoms with E-state index in [1.165, 1.54) is 10.4 Å². The molecule has 0 aliphatic rings. The van der Waals surface area contributed by atoms with Crippen LogP contribution in [0.5, 0.6) is 0 Å². The topological polar surface area (TPSA) is 66.9 Å². The quantitative estimate of drug-likeness (QED) is 0.683. The predicted octanol–water partition coefficient (Wildman–Crippen LogP) is 4.76. The average molecular weight is 383 g/mol. The van der Waals surface area contributed by atoms with E-state index in [1.807, 2.05) is 52.0 Å². The first-order chi connectivity index (χ1) is 12.6. The van der Waals surface area contributed by atoms with Crippen molar-refractivity contribution in [1.29, 1.82) is 0 Å². The summed E-state index contributed by atoms with van der Waals surface area (Å²) in [6.07, 6.45) is 0. The van der Waals surface area contributed by atoms with Crippen LogP contribution >= 0.6 is 11.3 Å². The van der Waals surface area contributed by atoms with Crippen molar-refractivity contribution in [3.63, 3.8) is 0 Å². The van der Waals surface area contributed by atoms with Gasteiger partial charge in [0.25, 0.3) is 5.91 Å². The SMILES string of the molecule is Cc1nc(NCc2ccc(C(=O)NC(C)(C)C)cc2)c2c(C)c(C)sc2n1. The first-order valence-electron chi connectivity index (χ1n) is 9.04. The molecule has 2 heterocycles. The van der Waals surface area contributed by atoms with Gasteiger partial charge in [-0.2, -0.15) is 0 Å². The lowest BCUT2D eigenvalue weighted by Crippen LogP contribution is -2.40. The van der Waals surface area contributed by atoms with Crippen molar-refractivity contribution in [2.24, 2.45) is 0 Å². The number of aromatic nitrogens is 2. The van der Waals surface area contributed by atoms with E-state index in [0.29, 0.717) is 12.1 Å². The molecule has 6 heteroatoms. The number of anilines is 1. The van der Waals surface area contributed by atoms with Gasteiger partial charge in [0, 0.05) is 22.5 Å². The van der Waals surface area contributed by atoms with Crippen LogP contribution in [0, 0.1) is 20.8 Å². The molecule has 3 aromatic rings. The molecule has 2 N–H and O–H groups in total. The van der Waals surface area contributed by atoms with Crippen LogP contribution in [0.4, 0.5) is 5.82 Å². The summed E-state index contributed by atoms with van der Waals surface area (Å²) in [4.78, 5) is 23.7. The maximum Gasteiger partial charge on any atom is 0.251 e. The van der Waals surface area contributed by atoms with Crippen molar-refractivity contribution in [2.45, 2.75) is 53.6 Å². The fourth-order valence-electron chi connectivity index (χ4n) is 2.86. The van der Waals surface area contributed by atoms with Crippen molar-refractivity contribution in [2.75, 3.05) is 5.32 Å². The highest BCUT2D eigenvalue weighted by atomic mass is 32.1. The summed E-state index contributed by atoms with van der Waals surface area (Å²) in [6, 6.07) is 7.67. The van der Waals surface area contributed by atoms with Crippen molar-refractivity contribution in [1.82, 2.24) is 15.3 Å². The zero-order valence-corrected chi connectivity index (χ0v) is 17.5. The Morgan fingerprint density at radius 2 is 1.74 bits per heavy atom. The molecule has 142 valence electrons. The molecule has 0 fully saturated rings. The molecule has 0 aliphatic carbocycles. The highest BCUT2D eigenvalue weighted by molar-refractivity contribution is 7.18. The summed E-state index contributed by atoms with van der Waals surface area (Å²) in [5.74, 6) is 1.58. The summed E-state index contributed by atoms with van der Waals surface area (Å²) < 4.78 is 0. The molecule has 0 radical (unpaired) electrons. The maximum atomic E-state index is 12.2. The Labute approximate surface area is 164 Å². The molecule has 0 unspecified atom stereocenters. The number of nitrogens with one attached hydrogen (secondary N) is 2. The minimum Gasteiger partial charge on any atom is -0.365 e. The van der Waals surface area contributed by atoms with E-state index in [2.05, 4.69) is 34.4 Å². The molecule has 1 amide bonds. The monoisotopic (exact) mass is 382 g/mol. The zero-order valence-electron chi connectivity index (χ0n) is 16.7. The predicted molar refractivity (Wildman–Crippen MR) is 113 cm³/mol. The number of carbonyl (C=O) groups is 1. The molecule has 0 saturated carbocycles. The van der Waals surface area contributed by atoms with Gasteiger partial charge in [-0.25, -0.2) is 9.97 Å². The zero-order chi connectivity index (χ0) is 19.8. The highest BCUT2D eigenvalue weighted by Gasteiger charge is 2.15. The number of thiophene rings is 1. The summed E-state index contributed by atoms with van der Waals surface area (Å²) in [7, 11) is 0. The molecule has 0 aliphatic heterocycles. The van der Waals surface area contributed by atoms with Gasteiger partial charge in [-0.1, -0.05) is 12.1 Å². The van der Waals surface area contributed by atoms with Crippen LogP contribution in [0.2, 0.25) is 0 Å². The largest absolute Gasteiger partial charge is 0.365 e. The van der Waals surface area contributed by atoms with Gasteiger partial charge in [0.1, 0.15) is 16.5 Å². The average Bonchev–Trinajstić information content (AvgIpc) is 2.85. The fourth-order valence-corrected chi connectivity index (χ4v) is 3.93. The third-order valence-electron chi connectivity index (χ3n) is 4.31. The number of hydrogen-bond donors (Lipinski definition) is 2. The lowest BCUT2D eigenvalue weighted by molar-refractivity contribution is 0.0919. The van der Waals surface area contributed by atoms with Crippen LogP contribution < -0.4 is 10.6 Å². The summed E-state index contributed by atoms with van der Waals surface area (Å²) in [5, 5.41) is 7.52. The number of hydrogen-bond acceptors (Lipinski definition) is 5. The summed E-state index contributed by atoms with van der Waals surface area (Å²) in [6.45, 7) is 12.7. The molecular formula is C21H26N4OS. The first kappa shape index (κ1) is 19.3. The number of nitrogens with zero attached hydrogens (tertiary/aromatic N) is 2. The Morgan fingerprint density at radius 3 is 2.37 bits per heavy atom. The number of carbonyl (C=O) groups excluding carboxylic acids is 1. The Morgan fingerprint density at radius 1 is 1.07 bits per heavy atom. The molecule has 0 saturated heterocycles. The van der Waals surface area contributed by atoms with Gasteiger partial charge in [0.05, 0.1) is 5.39 Å². The molecule has 2 aromatic heterocycles. The van der Waals surface area contributed by atoms with Crippen molar-refractivity contribution < 1.29 is 4.79 Å². The molecule has 1 aromatic carbocycles. The van der Waals surface area contributed by atoms with Crippen molar-refractivity contribution in [3.8, 4) is 0 Å². The molecule has 5 nitrogen and oxygen atoms in total. The van der Waals surface area contributed by atoms with Gasteiger partial charge in [-0.05, 0) is 64.8 Å². The third kappa shape index (κ3) is 4.45. The van der Waals surface area contributed by atoms with Crippen molar-refractivity contribution in [3.05, 3.63) is 51.7 Å².